The predicted octanol–water partition coefficient (Wildman–Crippen LogP) is 2.99. The van der Waals surface area contributed by atoms with E-state index in [1.54, 1.807) is 11.7 Å². The molecule has 1 atom stereocenters. The molecule has 35 heavy (non-hydrogen) atoms. The average molecular weight is 476 g/mol. The van der Waals surface area contributed by atoms with Crippen LogP contribution in [0, 0.1) is 5.92 Å². The second kappa shape index (κ2) is 9.98. The van der Waals surface area contributed by atoms with Crippen LogP contribution >= 0.6 is 0 Å². The molecule has 1 aromatic heterocycles. The maximum atomic E-state index is 13.5. The van der Waals surface area contributed by atoms with E-state index in [1.807, 2.05) is 59.2 Å². The number of carbonyl (C=O) groups excluding carboxylic acids is 1. The molecule has 2 saturated heterocycles. The van der Waals surface area contributed by atoms with E-state index in [9.17, 15) is 9.59 Å². The van der Waals surface area contributed by atoms with E-state index in [0.717, 1.165) is 54.9 Å². The molecule has 1 unspecified atom stereocenters. The van der Waals surface area contributed by atoms with Gasteiger partial charge in [-0.15, -0.1) is 0 Å². The number of piperazine rings is 1. The molecule has 0 bridgehead atoms. The fraction of sp³-hybridized carbons (Fsp3) is 0.444. The molecule has 0 aliphatic carbocycles. The first-order chi connectivity index (χ1) is 17.1. The Bertz CT molecular complexity index is 1270. The van der Waals surface area contributed by atoms with Crippen molar-refractivity contribution in [1.29, 1.82) is 0 Å². The second-order valence-electron chi connectivity index (χ2n) is 9.27. The topological polar surface area (TPSA) is 70.9 Å². The Morgan fingerprint density at radius 1 is 1.03 bits per heavy atom. The number of ether oxygens (including phenoxy) is 1. The first-order valence-electron chi connectivity index (χ1n) is 12.5. The molecule has 0 spiro atoms. The molecular weight excluding hydrogens is 442 g/mol. The summed E-state index contributed by atoms with van der Waals surface area (Å²) in [7, 11) is 1.67. The maximum Gasteiger partial charge on any atom is 0.293 e. The Labute approximate surface area is 205 Å². The lowest BCUT2D eigenvalue weighted by molar-refractivity contribution is -0.136. The van der Waals surface area contributed by atoms with E-state index in [4.69, 9.17) is 9.72 Å². The van der Waals surface area contributed by atoms with E-state index in [0.29, 0.717) is 32.0 Å². The van der Waals surface area contributed by atoms with Gasteiger partial charge >= 0.3 is 0 Å². The number of hydrogen-bond acceptors (Lipinski definition) is 6. The summed E-state index contributed by atoms with van der Waals surface area (Å²) >= 11 is 0. The Morgan fingerprint density at radius 3 is 2.60 bits per heavy atom. The van der Waals surface area contributed by atoms with Crippen molar-refractivity contribution in [3.8, 4) is 5.75 Å². The number of rotatable bonds is 5. The summed E-state index contributed by atoms with van der Waals surface area (Å²) in [4.78, 5) is 37.7. The number of aromatic nitrogens is 2. The Kier molecular flexibility index (Phi) is 6.61. The molecule has 0 radical (unpaired) electrons. The molecule has 3 heterocycles. The van der Waals surface area contributed by atoms with E-state index in [2.05, 4.69) is 11.0 Å². The van der Waals surface area contributed by atoms with Crippen LogP contribution in [0.15, 0.2) is 53.3 Å². The first-order valence-corrected chi connectivity index (χ1v) is 12.5. The number of nitrogens with zero attached hydrogens (tertiary/aromatic N) is 5. The molecule has 0 N–H and O–H groups in total. The minimum atomic E-state index is -0.116. The van der Waals surface area contributed by atoms with Gasteiger partial charge in [0.2, 0.25) is 5.91 Å². The molecule has 8 nitrogen and oxygen atoms in total. The molecule has 1 amide bonds. The highest BCUT2D eigenvalue weighted by molar-refractivity contribution is 5.80. The lowest BCUT2D eigenvalue weighted by atomic mass is 9.96. The van der Waals surface area contributed by atoms with Gasteiger partial charge in [0.05, 0.1) is 24.1 Å². The van der Waals surface area contributed by atoms with E-state index in [-0.39, 0.29) is 17.4 Å². The van der Waals surface area contributed by atoms with Gasteiger partial charge in [-0.05, 0) is 44.0 Å². The van der Waals surface area contributed by atoms with E-state index >= 15 is 0 Å². The lowest BCUT2D eigenvalue weighted by Crippen LogP contribution is -2.53. The van der Waals surface area contributed by atoms with Crippen molar-refractivity contribution in [2.24, 2.45) is 5.92 Å². The Morgan fingerprint density at radius 2 is 1.83 bits per heavy atom. The molecule has 8 heteroatoms. The molecule has 3 aromatic rings. The maximum absolute atomic E-state index is 13.5. The van der Waals surface area contributed by atoms with Gasteiger partial charge in [0.25, 0.3) is 5.56 Å². The van der Waals surface area contributed by atoms with Crippen LogP contribution in [-0.4, -0.2) is 66.7 Å². The summed E-state index contributed by atoms with van der Waals surface area (Å²) < 4.78 is 7.13. The van der Waals surface area contributed by atoms with Crippen molar-refractivity contribution in [3.05, 3.63) is 58.9 Å². The zero-order chi connectivity index (χ0) is 24.4. The predicted molar refractivity (Wildman–Crippen MR) is 138 cm³/mol. The molecule has 184 valence electrons. The molecule has 2 aliphatic heterocycles. The summed E-state index contributed by atoms with van der Waals surface area (Å²) in [5.74, 6) is 1.38. The third-order valence-electron chi connectivity index (χ3n) is 7.23. The van der Waals surface area contributed by atoms with Gasteiger partial charge in [0.1, 0.15) is 5.75 Å². The lowest BCUT2D eigenvalue weighted by Gasteiger charge is -2.40. The molecule has 0 saturated carbocycles. The second-order valence-corrected chi connectivity index (χ2v) is 9.27. The molecule has 5 rings (SSSR count). The van der Waals surface area contributed by atoms with Crippen molar-refractivity contribution < 1.29 is 9.53 Å². The van der Waals surface area contributed by atoms with Gasteiger partial charge in [-0.3, -0.25) is 9.59 Å². The first kappa shape index (κ1) is 23.2. The smallest absolute Gasteiger partial charge is 0.293 e. The zero-order valence-corrected chi connectivity index (χ0v) is 20.5. The Hall–Kier alpha value is -3.55. The van der Waals surface area contributed by atoms with Gasteiger partial charge in [-0.1, -0.05) is 18.2 Å². The van der Waals surface area contributed by atoms with Crippen molar-refractivity contribution in [1.82, 2.24) is 14.5 Å². The number of carbonyl (C=O) groups is 1. The fourth-order valence-corrected chi connectivity index (χ4v) is 5.32. The molecule has 2 aromatic carbocycles. The van der Waals surface area contributed by atoms with Crippen LogP contribution in [-0.2, 0) is 11.3 Å². The van der Waals surface area contributed by atoms with Crippen LogP contribution in [0.3, 0.4) is 0 Å². The standard InChI is InChI=1S/C27H33N5O3/c1-3-32-24-12-5-4-11-23(24)28-25(27(32)34)31-13-7-8-20(19-31)26(33)30-16-14-29(15-17-30)21-9-6-10-22(18-21)35-2/h4-6,9-12,18,20H,3,7-8,13-17,19H2,1-2H3. The van der Waals surface area contributed by atoms with Crippen molar-refractivity contribution in [2.45, 2.75) is 26.3 Å². The summed E-state index contributed by atoms with van der Waals surface area (Å²) in [5.41, 5.74) is 2.70. The van der Waals surface area contributed by atoms with Crippen LogP contribution in [0.5, 0.6) is 5.75 Å². The van der Waals surface area contributed by atoms with Crippen molar-refractivity contribution in [2.75, 3.05) is 56.2 Å². The van der Waals surface area contributed by atoms with Crippen LogP contribution in [0.1, 0.15) is 19.8 Å². The van der Waals surface area contributed by atoms with E-state index < -0.39 is 0 Å². The fourth-order valence-electron chi connectivity index (χ4n) is 5.32. The summed E-state index contributed by atoms with van der Waals surface area (Å²) in [6, 6.07) is 15.8. The monoisotopic (exact) mass is 475 g/mol. The van der Waals surface area contributed by atoms with Gasteiger partial charge in [0, 0.05) is 57.6 Å². The number of fused-ring (bicyclic) bond motifs is 1. The highest BCUT2D eigenvalue weighted by Gasteiger charge is 2.32. The summed E-state index contributed by atoms with van der Waals surface area (Å²) in [6.45, 7) is 6.84. The third kappa shape index (κ3) is 4.57. The zero-order valence-electron chi connectivity index (χ0n) is 20.5. The van der Waals surface area contributed by atoms with Gasteiger partial charge in [-0.25, -0.2) is 4.98 Å². The molecular formula is C27H33N5O3. The number of methoxy groups -OCH3 is 1. The van der Waals surface area contributed by atoms with E-state index in [1.165, 1.54) is 0 Å². The minimum absolute atomic E-state index is 0.0776. The highest BCUT2D eigenvalue weighted by atomic mass is 16.5. The van der Waals surface area contributed by atoms with Crippen molar-refractivity contribution in [3.63, 3.8) is 0 Å². The number of piperidine rings is 1. The quantitative estimate of drug-likeness (QED) is 0.565. The van der Waals surface area contributed by atoms with Crippen LogP contribution in [0.2, 0.25) is 0 Å². The third-order valence-corrected chi connectivity index (χ3v) is 7.23. The van der Waals surface area contributed by atoms with Crippen LogP contribution < -0.4 is 20.1 Å². The number of para-hydroxylation sites is 2. The van der Waals surface area contributed by atoms with Crippen molar-refractivity contribution >= 4 is 28.4 Å². The SMILES string of the molecule is CCn1c(=O)c(N2CCCC(C(=O)N3CCN(c4cccc(OC)c4)CC3)C2)nc2ccccc21. The van der Waals surface area contributed by atoms with Gasteiger partial charge in [0.15, 0.2) is 5.82 Å². The number of amides is 1. The largest absolute Gasteiger partial charge is 0.497 e. The van der Waals surface area contributed by atoms with Gasteiger partial charge < -0.3 is 24.0 Å². The number of aryl methyl sites for hydroxylation is 1. The Balaban J connectivity index is 1.28. The van der Waals surface area contributed by atoms with Crippen LogP contribution in [0.25, 0.3) is 11.0 Å². The highest BCUT2D eigenvalue weighted by Crippen LogP contribution is 2.25. The number of benzene rings is 2. The van der Waals surface area contributed by atoms with Crippen LogP contribution in [0.4, 0.5) is 11.5 Å². The summed E-state index contributed by atoms with van der Waals surface area (Å²) in [6.07, 6.45) is 1.72. The average Bonchev–Trinajstić information content (AvgIpc) is 2.92. The van der Waals surface area contributed by atoms with Gasteiger partial charge in [-0.2, -0.15) is 0 Å². The normalized spacial score (nSPS) is 18.7. The molecule has 2 fully saturated rings. The minimum Gasteiger partial charge on any atom is -0.497 e. The number of anilines is 2. The number of hydrogen-bond donors (Lipinski definition) is 0. The summed E-state index contributed by atoms with van der Waals surface area (Å²) in [5, 5.41) is 0. The molecule has 2 aliphatic rings.